The fraction of sp³-hybridized carbons (Fsp3) is 0.0222. The highest BCUT2D eigenvalue weighted by Gasteiger charge is 2.19. The van der Waals surface area contributed by atoms with Gasteiger partial charge in [-0.05, 0) is 102 Å². The van der Waals surface area contributed by atoms with Crippen LogP contribution in [0.4, 0.5) is 0 Å². The van der Waals surface area contributed by atoms with Gasteiger partial charge in [-0.2, -0.15) is 0 Å². The van der Waals surface area contributed by atoms with E-state index in [1.165, 1.54) is 76.5 Å². The second kappa shape index (κ2) is 11.0. The summed E-state index contributed by atoms with van der Waals surface area (Å²) in [5.41, 5.74) is 10.3. The van der Waals surface area contributed by atoms with Crippen LogP contribution in [0.3, 0.4) is 0 Å². The third-order valence-corrected chi connectivity index (χ3v) is 9.41. The Labute approximate surface area is 273 Å². The van der Waals surface area contributed by atoms with E-state index in [9.17, 15) is 0 Å². The molecule has 0 saturated carbocycles. The molecule has 0 atom stereocenters. The summed E-state index contributed by atoms with van der Waals surface area (Å²) < 4.78 is 0. The maximum absolute atomic E-state index is 4.79. The van der Waals surface area contributed by atoms with Crippen molar-refractivity contribution in [2.24, 2.45) is 0 Å². The number of benzene rings is 7. The second-order valence-corrected chi connectivity index (χ2v) is 12.3. The summed E-state index contributed by atoms with van der Waals surface area (Å²) in [6, 6.07) is 54.9. The first-order valence-electron chi connectivity index (χ1n) is 16.1. The maximum Gasteiger partial charge on any atom is 0.0886 e. The van der Waals surface area contributed by atoms with Crippen LogP contribution in [-0.4, -0.2) is 9.97 Å². The van der Waals surface area contributed by atoms with Gasteiger partial charge in [0.25, 0.3) is 0 Å². The fourth-order valence-electron chi connectivity index (χ4n) is 7.24. The molecular formula is C45H30N2. The van der Waals surface area contributed by atoms with Crippen LogP contribution in [0.25, 0.3) is 87.9 Å². The molecule has 9 rings (SSSR count). The monoisotopic (exact) mass is 598 g/mol. The van der Waals surface area contributed by atoms with Crippen LogP contribution in [-0.2, 0) is 0 Å². The van der Waals surface area contributed by atoms with E-state index >= 15 is 0 Å². The number of pyridine rings is 2. The minimum atomic E-state index is 0.870. The Morgan fingerprint density at radius 1 is 0.383 bits per heavy atom. The second-order valence-electron chi connectivity index (χ2n) is 12.3. The number of rotatable bonds is 4. The first-order valence-corrected chi connectivity index (χ1v) is 16.1. The largest absolute Gasteiger partial charge is 0.255 e. The highest BCUT2D eigenvalue weighted by atomic mass is 14.8. The summed E-state index contributed by atoms with van der Waals surface area (Å²) in [7, 11) is 0. The summed E-state index contributed by atoms with van der Waals surface area (Å²) in [5, 5.41) is 9.99. The molecule has 47 heavy (non-hydrogen) atoms. The SMILES string of the molecule is Cc1ccc2cc(-c3c4ccccc4c(-c4ccc(-c5ccc(-c6ccccn6)nc5)c5ccccc45)c4ccccc34)ccc2c1. The normalized spacial score (nSPS) is 11.5. The van der Waals surface area contributed by atoms with Gasteiger partial charge in [0, 0.05) is 18.0 Å². The van der Waals surface area contributed by atoms with E-state index in [4.69, 9.17) is 4.98 Å². The molecule has 9 aromatic rings. The first kappa shape index (κ1) is 27.2. The number of fused-ring (bicyclic) bond motifs is 4. The lowest BCUT2D eigenvalue weighted by Gasteiger charge is -2.20. The number of hydrogen-bond acceptors (Lipinski definition) is 2. The Balaban J connectivity index is 1.27. The van der Waals surface area contributed by atoms with Gasteiger partial charge in [0.05, 0.1) is 11.4 Å². The molecule has 0 unspecified atom stereocenters. The molecule has 2 heterocycles. The molecule has 2 heteroatoms. The standard InChI is InChI=1S/C45H30N2/c1-29-17-18-31-27-32(20-19-30(31)26-29)44-37-12-4-6-14-39(37)45(40-15-7-5-13-38(40)44)41-23-22-34(35-10-2-3-11-36(35)41)33-21-24-43(47-28-33)42-16-8-9-25-46-42/h2-28H,1H3. The van der Waals surface area contributed by atoms with Crippen molar-refractivity contribution in [2.75, 3.05) is 0 Å². The average molecular weight is 599 g/mol. The van der Waals surface area contributed by atoms with Gasteiger partial charge < -0.3 is 0 Å². The van der Waals surface area contributed by atoms with Crippen LogP contribution < -0.4 is 0 Å². The molecule has 0 aliphatic heterocycles. The van der Waals surface area contributed by atoms with Crippen molar-refractivity contribution in [3.63, 3.8) is 0 Å². The lowest BCUT2D eigenvalue weighted by atomic mass is 9.83. The highest BCUT2D eigenvalue weighted by molar-refractivity contribution is 6.24. The Bertz CT molecular complexity index is 2560. The van der Waals surface area contributed by atoms with Crippen molar-refractivity contribution < 1.29 is 0 Å². The molecule has 0 N–H and O–H groups in total. The Morgan fingerprint density at radius 2 is 0.936 bits per heavy atom. The molecule has 0 saturated heterocycles. The molecule has 220 valence electrons. The molecule has 0 fully saturated rings. The van der Waals surface area contributed by atoms with Gasteiger partial charge in [0.1, 0.15) is 0 Å². The van der Waals surface area contributed by atoms with Crippen molar-refractivity contribution in [3.8, 4) is 44.8 Å². The zero-order chi connectivity index (χ0) is 31.3. The highest BCUT2D eigenvalue weighted by Crippen LogP contribution is 2.46. The van der Waals surface area contributed by atoms with Crippen molar-refractivity contribution in [1.29, 1.82) is 0 Å². The lowest BCUT2D eigenvalue weighted by Crippen LogP contribution is -1.93. The van der Waals surface area contributed by atoms with E-state index in [0.29, 0.717) is 0 Å². The molecule has 0 radical (unpaired) electrons. The summed E-state index contributed by atoms with van der Waals surface area (Å²) in [6.45, 7) is 2.15. The van der Waals surface area contributed by atoms with Gasteiger partial charge in [-0.15, -0.1) is 0 Å². The quantitative estimate of drug-likeness (QED) is 0.188. The Kier molecular flexibility index (Phi) is 6.39. The third-order valence-electron chi connectivity index (χ3n) is 9.41. The van der Waals surface area contributed by atoms with E-state index in [2.05, 4.69) is 145 Å². The van der Waals surface area contributed by atoms with E-state index in [0.717, 1.165) is 17.0 Å². The van der Waals surface area contributed by atoms with Crippen LogP contribution in [0.5, 0.6) is 0 Å². The zero-order valence-electron chi connectivity index (χ0n) is 26.0. The Hall–Kier alpha value is -6.12. The van der Waals surface area contributed by atoms with Gasteiger partial charge in [0.15, 0.2) is 0 Å². The lowest BCUT2D eigenvalue weighted by molar-refractivity contribution is 1.25. The number of aryl methyl sites for hydroxylation is 1. The average Bonchev–Trinajstić information content (AvgIpc) is 3.14. The maximum atomic E-state index is 4.79. The molecular weight excluding hydrogens is 569 g/mol. The molecule has 7 aromatic carbocycles. The minimum absolute atomic E-state index is 0.870. The van der Waals surface area contributed by atoms with E-state index in [-0.39, 0.29) is 0 Å². The summed E-state index contributed by atoms with van der Waals surface area (Å²) in [5.74, 6) is 0. The van der Waals surface area contributed by atoms with E-state index < -0.39 is 0 Å². The van der Waals surface area contributed by atoms with Gasteiger partial charge in [-0.3, -0.25) is 9.97 Å². The molecule has 2 nitrogen and oxygen atoms in total. The predicted molar refractivity (Wildman–Crippen MR) is 199 cm³/mol. The zero-order valence-corrected chi connectivity index (χ0v) is 26.0. The van der Waals surface area contributed by atoms with Gasteiger partial charge in [-0.25, -0.2) is 0 Å². The van der Waals surface area contributed by atoms with Crippen LogP contribution >= 0.6 is 0 Å². The Morgan fingerprint density at radius 3 is 1.60 bits per heavy atom. The molecule has 0 bridgehead atoms. The molecule has 0 spiro atoms. The third kappa shape index (κ3) is 4.57. The molecule has 0 aliphatic carbocycles. The fourth-order valence-corrected chi connectivity index (χ4v) is 7.24. The van der Waals surface area contributed by atoms with Crippen LogP contribution in [0.2, 0.25) is 0 Å². The smallest absolute Gasteiger partial charge is 0.0886 e. The van der Waals surface area contributed by atoms with Crippen LogP contribution in [0.1, 0.15) is 5.56 Å². The number of aromatic nitrogens is 2. The molecule has 2 aromatic heterocycles. The van der Waals surface area contributed by atoms with E-state index in [1.807, 2.05) is 24.4 Å². The number of nitrogens with zero attached hydrogens (tertiary/aromatic N) is 2. The summed E-state index contributed by atoms with van der Waals surface area (Å²) in [6.07, 6.45) is 3.77. The van der Waals surface area contributed by atoms with Crippen molar-refractivity contribution in [2.45, 2.75) is 6.92 Å². The van der Waals surface area contributed by atoms with Crippen molar-refractivity contribution >= 4 is 43.1 Å². The van der Waals surface area contributed by atoms with Gasteiger partial charge in [0.2, 0.25) is 0 Å². The van der Waals surface area contributed by atoms with Gasteiger partial charge >= 0.3 is 0 Å². The predicted octanol–water partition coefficient (Wildman–Crippen LogP) is 12.1. The van der Waals surface area contributed by atoms with Crippen LogP contribution in [0.15, 0.2) is 164 Å². The first-order chi connectivity index (χ1) is 23.2. The van der Waals surface area contributed by atoms with E-state index in [1.54, 1.807) is 6.20 Å². The molecule has 0 aliphatic rings. The van der Waals surface area contributed by atoms with Gasteiger partial charge in [-0.1, -0.05) is 133 Å². The topological polar surface area (TPSA) is 25.8 Å². The summed E-state index contributed by atoms with van der Waals surface area (Å²) in [4.78, 5) is 9.27. The van der Waals surface area contributed by atoms with Crippen molar-refractivity contribution in [1.82, 2.24) is 9.97 Å². The molecule has 0 amide bonds. The van der Waals surface area contributed by atoms with Crippen molar-refractivity contribution in [3.05, 3.63) is 170 Å². The summed E-state index contributed by atoms with van der Waals surface area (Å²) >= 11 is 0. The number of hydrogen-bond donors (Lipinski definition) is 0. The minimum Gasteiger partial charge on any atom is -0.255 e. The van der Waals surface area contributed by atoms with Crippen LogP contribution in [0, 0.1) is 6.92 Å².